The SMILES string of the molecule is Cc1ccc(C)c(CN2CC(CN)CC2=O)c1. The molecule has 0 spiro atoms. The highest BCUT2D eigenvalue weighted by Gasteiger charge is 2.28. The van der Waals surface area contributed by atoms with Gasteiger partial charge in [-0.15, -0.1) is 0 Å². The maximum atomic E-state index is 11.8. The number of carbonyl (C=O) groups excluding carboxylic acids is 1. The summed E-state index contributed by atoms with van der Waals surface area (Å²) in [4.78, 5) is 13.7. The van der Waals surface area contributed by atoms with Gasteiger partial charge in [0.15, 0.2) is 0 Å². The van der Waals surface area contributed by atoms with Crippen molar-refractivity contribution < 1.29 is 4.79 Å². The van der Waals surface area contributed by atoms with Crippen LogP contribution in [0.1, 0.15) is 23.1 Å². The monoisotopic (exact) mass is 232 g/mol. The van der Waals surface area contributed by atoms with E-state index in [0.717, 1.165) is 13.1 Å². The van der Waals surface area contributed by atoms with Crippen molar-refractivity contribution in [1.29, 1.82) is 0 Å². The van der Waals surface area contributed by atoms with E-state index < -0.39 is 0 Å². The third-order valence-corrected chi connectivity index (χ3v) is 3.49. The van der Waals surface area contributed by atoms with E-state index in [1.807, 2.05) is 4.90 Å². The molecule has 0 bridgehead atoms. The third-order valence-electron chi connectivity index (χ3n) is 3.49. The van der Waals surface area contributed by atoms with Crippen LogP contribution in [0.25, 0.3) is 0 Å². The van der Waals surface area contributed by atoms with Gasteiger partial charge in [-0.1, -0.05) is 23.8 Å². The van der Waals surface area contributed by atoms with E-state index in [9.17, 15) is 4.79 Å². The first-order valence-electron chi connectivity index (χ1n) is 6.14. The van der Waals surface area contributed by atoms with E-state index in [2.05, 4.69) is 32.0 Å². The van der Waals surface area contributed by atoms with E-state index in [4.69, 9.17) is 5.73 Å². The van der Waals surface area contributed by atoms with Gasteiger partial charge in [-0.25, -0.2) is 0 Å². The largest absolute Gasteiger partial charge is 0.338 e. The predicted octanol–water partition coefficient (Wildman–Crippen LogP) is 1.61. The molecular weight excluding hydrogens is 212 g/mol. The van der Waals surface area contributed by atoms with Crippen LogP contribution in [0.5, 0.6) is 0 Å². The molecule has 3 heteroatoms. The number of amides is 1. The van der Waals surface area contributed by atoms with Gasteiger partial charge < -0.3 is 10.6 Å². The fourth-order valence-corrected chi connectivity index (χ4v) is 2.34. The van der Waals surface area contributed by atoms with Crippen LogP contribution >= 0.6 is 0 Å². The summed E-state index contributed by atoms with van der Waals surface area (Å²) < 4.78 is 0. The molecule has 1 atom stereocenters. The molecule has 17 heavy (non-hydrogen) atoms. The molecule has 1 unspecified atom stereocenters. The van der Waals surface area contributed by atoms with E-state index >= 15 is 0 Å². The van der Waals surface area contributed by atoms with Crippen LogP contribution in [0.3, 0.4) is 0 Å². The molecule has 3 nitrogen and oxygen atoms in total. The third kappa shape index (κ3) is 2.67. The first-order valence-corrected chi connectivity index (χ1v) is 6.14. The van der Waals surface area contributed by atoms with Crippen molar-refractivity contribution in [2.24, 2.45) is 11.7 Å². The number of aryl methyl sites for hydroxylation is 2. The van der Waals surface area contributed by atoms with Crippen LogP contribution in [0.4, 0.5) is 0 Å². The van der Waals surface area contributed by atoms with Gasteiger partial charge in [0.25, 0.3) is 0 Å². The quantitative estimate of drug-likeness (QED) is 0.860. The lowest BCUT2D eigenvalue weighted by atomic mass is 10.1. The Labute approximate surface area is 103 Å². The number of carbonyl (C=O) groups is 1. The Bertz CT molecular complexity index is 428. The van der Waals surface area contributed by atoms with E-state index in [-0.39, 0.29) is 5.91 Å². The highest BCUT2D eigenvalue weighted by atomic mass is 16.2. The molecule has 1 amide bonds. The molecule has 1 aromatic carbocycles. The minimum Gasteiger partial charge on any atom is -0.338 e. The van der Waals surface area contributed by atoms with E-state index in [1.165, 1.54) is 16.7 Å². The molecule has 1 aliphatic rings. The molecule has 0 aromatic heterocycles. The van der Waals surface area contributed by atoms with Crippen LogP contribution in [0.15, 0.2) is 18.2 Å². The Hall–Kier alpha value is -1.35. The van der Waals surface area contributed by atoms with Gasteiger partial charge >= 0.3 is 0 Å². The predicted molar refractivity (Wildman–Crippen MR) is 68.5 cm³/mol. The van der Waals surface area contributed by atoms with E-state index in [1.54, 1.807) is 0 Å². The van der Waals surface area contributed by atoms with Crippen molar-refractivity contribution >= 4 is 5.91 Å². The van der Waals surface area contributed by atoms with Gasteiger partial charge in [0.2, 0.25) is 5.91 Å². The Kier molecular flexibility index (Phi) is 3.48. The number of hydrogen-bond donors (Lipinski definition) is 1. The van der Waals surface area contributed by atoms with Gasteiger partial charge in [0.05, 0.1) is 0 Å². The maximum absolute atomic E-state index is 11.8. The van der Waals surface area contributed by atoms with Gasteiger partial charge in [0, 0.05) is 19.5 Å². The normalized spacial score (nSPS) is 20.1. The summed E-state index contributed by atoms with van der Waals surface area (Å²) >= 11 is 0. The molecule has 92 valence electrons. The molecule has 1 heterocycles. The van der Waals surface area contributed by atoms with Crippen LogP contribution in [-0.4, -0.2) is 23.9 Å². The standard InChI is InChI=1S/C14H20N2O/c1-10-3-4-11(2)13(5-10)9-16-8-12(7-15)6-14(16)17/h3-5,12H,6-9,15H2,1-2H3. The lowest BCUT2D eigenvalue weighted by molar-refractivity contribution is -0.128. The van der Waals surface area contributed by atoms with Gasteiger partial charge in [-0.05, 0) is 37.4 Å². The van der Waals surface area contributed by atoms with Crippen molar-refractivity contribution in [2.45, 2.75) is 26.8 Å². The lowest BCUT2D eigenvalue weighted by Crippen LogP contribution is -2.26. The summed E-state index contributed by atoms with van der Waals surface area (Å²) in [6.45, 7) is 6.31. The smallest absolute Gasteiger partial charge is 0.223 e. The topological polar surface area (TPSA) is 46.3 Å². The minimum absolute atomic E-state index is 0.237. The summed E-state index contributed by atoms with van der Waals surface area (Å²) in [6, 6.07) is 6.39. The van der Waals surface area contributed by atoms with Gasteiger partial charge in [-0.2, -0.15) is 0 Å². The fourth-order valence-electron chi connectivity index (χ4n) is 2.34. The summed E-state index contributed by atoms with van der Waals surface area (Å²) in [5.41, 5.74) is 9.37. The lowest BCUT2D eigenvalue weighted by Gasteiger charge is -2.18. The second kappa shape index (κ2) is 4.88. The van der Waals surface area contributed by atoms with Crippen LogP contribution in [0.2, 0.25) is 0 Å². The molecular formula is C14H20N2O. The number of rotatable bonds is 3. The first-order chi connectivity index (χ1) is 8.10. The zero-order chi connectivity index (χ0) is 12.4. The molecule has 0 saturated carbocycles. The summed E-state index contributed by atoms with van der Waals surface area (Å²) in [6.07, 6.45) is 0.612. The highest BCUT2D eigenvalue weighted by molar-refractivity contribution is 5.78. The Morgan fingerprint density at radius 1 is 1.41 bits per heavy atom. The van der Waals surface area contributed by atoms with Crippen molar-refractivity contribution in [3.63, 3.8) is 0 Å². The van der Waals surface area contributed by atoms with Crippen molar-refractivity contribution in [3.8, 4) is 0 Å². The molecule has 1 aliphatic heterocycles. The van der Waals surface area contributed by atoms with Gasteiger partial charge in [-0.3, -0.25) is 4.79 Å². The number of benzene rings is 1. The van der Waals surface area contributed by atoms with Gasteiger partial charge in [0.1, 0.15) is 0 Å². The average molecular weight is 232 g/mol. The molecule has 1 saturated heterocycles. The second-order valence-corrected chi connectivity index (χ2v) is 5.01. The number of nitrogens with zero attached hydrogens (tertiary/aromatic N) is 1. The number of likely N-dealkylation sites (tertiary alicyclic amines) is 1. The van der Waals surface area contributed by atoms with Crippen molar-refractivity contribution in [1.82, 2.24) is 4.90 Å². The summed E-state index contributed by atoms with van der Waals surface area (Å²) in [7, 11) is 0. The van der Waals surface area contributed by atoms with E-state index in [0.29, 0.717) is 18.9 Å². The Morgan fingerprint density at radius 3 is 2.82 bits per heavy atom. The molecule has 0 radical (unpaired) electrons. The number of nitrogens with two attached hydrogens (primary N) is 1. The zero-order valence-corrected chi connectivity index (χ0v) is 10.6. The summed E-state index contributed by atoms with van der Waals surface area (Å²) in [5, 5.41) is 0. The van der Waals surface area contributed by atoms with Crippen LogP contribution < -0.4 is 5.73 Å². The minimum atomic E-state index is 0.237. The molecule has 2 rings (SSSR count). The molecule has 1 fully saturated rings. The van der Waals surface area contributed by atoms with Crippen molar-refractivity contribution in [3.05, 3.63) is 34.9 Å². The van der Waals surface area contributed by atoms with Crippen molar-refractivity contribution in [2.75, 3.05) is 13.1 Å². The zero-order valence-electron chi connectivity index (χ0n) is 10.6. The second-order valence-electron chi connectivity index (χ2n) is 5.01. The molecule has 1 aromatic rings. The van der Waals surface area contributed by atoms with Crippen LogP contribution in [0, 0.1) is 19.8 Å². The Morgan fingerprint density at radius 2 is 2.18 bits per heavy atom. The fraction of sp³-hybridized carbons (Fsp3) is 0.500. The number of hydrogen-bond acceptors (Lipinski definition) is 2. The Balaban J connectivity index is 2.11. The average Bonchev–Trinajstić information content (AvgIpc) is 2.65. The molecule has 0 aliphatic carbocycles. The summed E-state index contributed by atoms with van der Waals surface area (Å²) in [5.74, 6) is 0.578. The maximum Gasteiger partial charge on any atom is 0.223 e. The molecule has 2 N–H and O–H groups in total. The van der Waals surface area contributed by atoms with Crippen LogP contribution in [-0.2, 0) is 11.3 Å². The first kappa shape index (κ1) is 12.1. The highest BCUT2D eigenvalue weighted by Crippen LogP contribution is 2.21.